The van der Waals surface area contributed by atoms with Gasteiger partial charge in [-0.3, -0.25) is 9.48 Å². The minimum atomic E-state index is -0.0849. The van der Waals surface area contributed by atoms with Crippen LogP contribution in [0, 0.1) is 6.92 Å². The molecule has 6 nitrogen and oxygen atoms in total. The summed E-state index contributed by atoms with van der Waals surface area (Å²) in [7, 11) is 1.95. The topological polar surface area (TPSA) is 70.4 Å². The highest BCUT2D eigenvalue weighted by molar-refractivity contribution is 5.94. The largest absolute Gasteiger partial charge is 0.392 e. The van der Waals surface area contributed by atoms with E-state index in [4.69, 9.17) is 0 Å². The van der Waals surface area contributed by atoms with Crippen molar-refractivity contribution in [3.05, 3.63) is 47.2 Å². The van der Waals surface area contributed by atoms with Crippen molar-refractivity contribution >= 4 is 11.7 Å². The Morgan fingerprint density at radius 3 is 2.96 bits per heavy atom. The fraction of sp³-hybridized carbons (Fsp3) is 0.444. The highest BCUT2D eigenvalue weighted by atomic mass is 16.3. The lowest BCUT2D eigenvalue weighted by molar-refractivity contribution is 0.0933. The summed E-state index contributed by atoms with van der Waals surface area (Å²) < 4.78 is 1.89. The van der Waals surface area contributed by atoms with Gasteiger partial charge in [0.25, 0.3) is 5.91 Å². The van der Waals surface area contributed by atoms with Gasteiger partial charge in [-0.2, -0.15) is 5.10 Å². The third kappa shape index (κ3) is 3.59. The number of benzene rings is 1. The van der Waals surface area contributed by atoms with Gasteiger partial charge in [0.2, 0.25) is 0 Å². The van der Waals surface area contributed by atoms with Crippen molar-refractivity contribution in [2.45, 2.75) is 32.4 Å². The summed E-state index contributed by atoms with van der Waals surface area (Å²) in [6, 6.07) is 9.31. The molecule has 1 saturated heterocycles. The summed E-state index contributed by atoms with van der Waals surface area (Å²) in [5.74, 6) is 1.01. The highest BCUT2D eigenvalue weighted by Crippen LogP contribution is 2.20. The molecule has 1 aromatic carbocycles. The SMILES string of the molecule is Cc1cc(N2CCCC(NC(=O)c3cccc(CO)c3)C2)n(C)n1. The molecule has 1 fully saturated rings. The molecule has 0 bridgehead atoms. The smallest absolute Gasteiger partial charge is 0.251 e. The van der Waals surface area contributed by atoms with E-state index in [2.05, 4.69) is 21.4 Å². The van der Waals surface area contributed by atoms with E-state index in [9.17, 15) is 9.90 Å². The van der Waals surface area contributed by atoms with Crippen molar-refractivity contribution in [1.82, 2.24) is 15.1 Å². The van der Waals surface area contributed by atoms with Gasteiger partial charge in [-0.05, 0) is 37.5 Å². The van der Waals surface area contributed by atoms with Crippen LogP contribution in [0.1, 0.15) is 34.5 Å². The second-order valence-corrected chi connectivity index (χ2v) is 6.38. The second-order valence-electron chi connectivity index (χ2n) is 6.38. The number of aromatic nitrogens is 2. The van der Waals surface area contributed by atoms with Crippen LogP contribution < -0.4 is 10.2 Å². The normalized spacial score (nSPS) is 17.8. The molecule has 0 saturated carbocycles. The quantitative estimate of drug-likeness (QED) is 0.895. The molecule has 1 aromatic heterocycles. The van der Waals surface area contributed by atoms with E-state index in [0.29, 0.717) is 5.56 Å². The molecule has 0 spiro atoms. The summed E-state index contributed by atoms with van der Waals surface area (Å²) in [5, 5.41) is 16.7. The second kappa shape index (κ2) is 7.05. The minimum Gasteiger partial charge on any atom is -0.392 e. The molecule has 1 unspecified atom stereocenters. The molecule has 1 amide bonds. The summed E-state index contributed by atoms with van der Waals surface area (Å²) >= 11 is 0. The van der Waals surface area contributed by atoms with Crippen LogP contribution in [0.15, 0.2) is 30.3 Å². The molecule has 2 aromatic rings. The summed E-state index contributed by atoms with van der Waals surface area (Å²) in [5.41, 5.74) is 2.34. The predicted octanol–water partition coefficient (Wildman–Crippen LogP) is 1.62. The molecule has 1 aliphatic rings. The van der Waals surface area contributed by atoms with Gasteiger partial charge in [-0.1, -0.05) is 12.1 Å². The first-order chi connectivity index (χ1) is 11.6. The third-order valence-corrected chi connectivity index (χ3v) is 4.43. The molecule has 128 valence electrons. The molecule has 0 aliphatic carbocycles. The molecule has 2 heterocycles. The Kier molecular flexibility index (Phi) is 4.85. The number of carbonyl (C=O) groups is 1. The number of nitrogens with zero attached hydrogens (tertiary/aromatic N) is 3. The van der Waals surface area contributed by atoms with Gasteiger partial charge in [0.1, 0.15) is 5.82 Å². The van der Waals surface area contributed by atoms with Crippen LogP contribution in [0.4, 0.5) is 5.82 Å². The predicted molar refractivity (Wildman–Crippen MR) is 93.0 cm³/mol. The van der Waals surface area contributed by atoms with Crippen LogP contribution >= 0.6 is 0 Å². The third-order valence-electron chi connectivity index (χ3n) is 4.43. The molecule has 3 rings (SSSR count). The average molecular weight is 328 g/mol. The fourth-order valence-electron chi connectivity index (χ4n) is 3.28. The Morgan fingerprint density at radius 2 is 2.25 bits per heavy atom. The maximum absolute atomic E-state index is 12.5. The van der Waals surface area contributed by atoms with Crippen molar-refractivity contribution in [2.75, 3.05) is 18.0 Å². The van der Waals surface area contributed by atoms with Crippen molar-refractivity contribution in [3.8, 4) is 0 Å². The molecule has 6 heteroatoms. The fourth-order valence-corrected chi connectivity index (χ4v) is 3.28. The van der Waals surface area contributed by atoms with Gasteiger partial charge in [-0.15, -0.1) is 0 Å². The molecule has 1 atom stereocenters. The number of carbonyl (C=O) groups excluding carboxylic acids is 1. The Labute approximate surface area is 142 Å². The number of aliphatic hydroxyl groups excluding tert-OH is 1. The van der Waals surface area contributed by atoms with Gasteiger partial charge in [-0.25, -0.2) is 0 Å². The van der Waals surface area contributed by atoms with Crippen LogP contribution in [0.5, 0.6) is 0 Å². The van der Waals surface area contributed by atoms with E-state index in [1.807, 2.05) is 24.7 Å². The number of aryl methyl sites for hydroxylation is 2. The first-order valence-corrected chi connectivity index (χ1v) is 8.33. The standard InChI is InChI=1S/C18H24N4O2/c1-13-9-17(21(2)20-13)22-8-4-7-16(11-22)19-18(24)15-6-3-5-14(10-15)12-23/h3,5-6,9-10,16,23H,4,7-8,11-12H2,1-2H3,(H,19,24). The Balaban J connectivity index is 1.66. The maximum Gasteiger partial charge on any atom is 0.251 e. The number of hydrogen-bond acceptors (Lipinski definition) is 4. The number of amides is 1. The molecule has 0 radical (unpaired) electrons. The van der Waals surface area contributed by atoms with E-state index in [-0.39, 0.29) is 18.6 Å². The summed E-state index contributed by atoms with van der Waals surface area (Å²) in [6.45, 7) is 3.69. The van der Waals surface area contributed by atoms with E-state index in [1.54, 1.807) is 18.2 Å². The zero-order valence-electron chi connectivity index (χ0n) is 14.2. The lowest BCUT2D eigenvalue weighted by Crippen LogP contribution is -2.48. The lowest BCUT2D eigenvalue weighted by Gasteiger charge is -2.34. The van der Waals surface area contributed by atoms with Crippen molar-refractivity contribution < 1.29 is 9.90 Å². The van der Waals surface area contributed by atoms with Crippen LogP contribution in [0.2, 0.25) is 0 Å². The molecule has 2 N–H and O–H groups in total. The van der Waals surface area contributed by atoms with Gasteiger partial charge < -0.3 is 15.3 Å². The van der Waals surface area contributed by atoms with Crippen molar-refractivity contribution in [1.29, 1.82) is 0 Å². The van der Waals surface area contributed by atoms with Gasteiger partial charge in [0.05, 0.1) is 12.3 Å². The monoisotopic (exact) mass is 328 g/mol. The Hall–Kier alpha value is -2.34. The molecular formula is C18H24N4O2. The van der Waals surface area contributed by atoms with Crippen LogP contribution in [0.3, 0.4) is 0 Å². The zero-order valence-corrected chi connectivity index (χ0v) is 14.2. The van der Waals surface area contributed by atoms with Crippen molar-refractivity contribution in [2.24, 2.45) is 7.05 Å². The van der Waals surface area contributed by atoms with Gasteiger partial charge >= 0.3 is 0 Å². The summed E-state index contributed by atoms with van der Waals surface area (Å²) in [6.07, 6.45) is 2.00. The highest BCUT2D eigenvalue weighted by Gasteiger charge is 2.24. The van der Waals surface area contributed by atoms with Crippen LogP contribution in [-0.2, 0) is 13.7 Å². The number of rotatable bonds is 4. The maximum atomic E-state index is 12.5. The van der Waals surface area contributed by atoms with Gasteiger partial charge in [0, 0.05) is 37.8 Å². The van der Waals surface area contributed by atoms with E-state index in [1.165, 1.54) is 0 Å². The first kappa shape index (κ1) is 16.5. The number of hydrogen-bond donors (Lipinski definition) is 2. The molecule has 1 aliphatic heterocycles. The lowest BCUT2D eigenvalue weighted by atomic mass is 10.0. The van der Waals surface area contributed by atoms with Crippen molar-refractivity contribution in [3.63, 3.8) is 0 Å². The first-order valence-electron chi connectivity index (χ1n) is 8.33. The summed E-state index contributed by atoms with van der Waals surface area (Å²) in [4.78, 5) is 14.7. The number of nitrogens with one attached hydrogen (secondary N) is 1. The zero-order chi connectivity index (χ0) is 17.1. The average Bonchev–Trinajstić information content (AvgIpc) is 2.93. The minimum absolute atomic E-state index is 0.0574. The van der Waals surface area contributed by atoms with E-state index < -0.39 is 0 Å². The number of anilines is 1. The number of piperidine rings is 1. The van der Waals surface area contributed by atoms with E-state index in [0.717, 1.165) is 43.0 Å². The molecular weight excluding hydrogens is 304 g/mol. The molecule has 24 heavy (non-hydrogen) atoms. The van der Waals surface area contributed by atoms with Crippen LogP contribution in [0.25, 0.3) is 0 Å². The van der Waals surface area contributed by atoms with E-state index >= 15 is 0 Å². The van der Waals surface area contributed by atoms with Gasteiger partial charge in [0.15, 0.2) is 0 Å². The Morgan fingerprint density at radius 1 is 1.42 bits per heavy atom. The van der Waals surface area contributed by atoms with Crippen LogP contribution in [-0.4, -0.2) is 39.9 Å². The number of aliphatic hydroxyl groups is 1. The Bertz CT molecular complexity index is 726.